The average Bonchev–Trinajstić information content (AvgIpc) is 2.38. The van der Waals surface area contributed by atoms with Crippen molar-refractivity contribution in [2.45, 2.75) is 32.6 Å². The average molecular weight is 245 g/mol. The molecule has 0 N–H and O–H groups in total. The normalized spacial score (nSPS) is 16.7. The Labute approximate surface area is 108 Å². The summed E-state index contributed by atoms with van der Waals surface area (Å²) in [5, 5.41) is 0. The number of nitrogens with zero attached hydrogens (tertiary/aromatic N) is 1. The maximum atomic E-state index is 12.4. The van der Waals surface area contributed by atoms with Crippen LogP contribution in [0.15, 0.2) is 24.3 Å². The van der Waals surface area contributed by atoms with E-state index in [4.69, 9.17) is 0 Å². The first-order valence-electron chi connectivity index (χ1n) is 6.44. The van der Waals surface area contributed by atoms with Crippen molar-refractivity contribution in [1.29, 1.82) is 0 Å². The molecule has 1 saturated carbocycles. The van der Waals surface area contributed by atoms with Crippen LogP contribution in [0.2, 0.25) is 0 Å². The highest BCUT2D eigenvalue weighted by Crippen LogP contribution is 2.26. The van der Waals surface area contributed by atoms with Crippen LogP contribution < -0.4 is 4.90 Å². The third-order valence-corrected chi connectivity index (χ3v) is 3.70. The maximum absolute atomic E-state index is 12.4. The highest BCUT2D eigenvalue weighted by molar-refractivity contribution is 5.96. The number of carbonyl (C=O) groups is 2. The Morgan fingerprint density at radius 2 is 1.83 bits per heavy atom. The molecule has 18 heavy (non-hydrogen) atoms. The predicted octanol–water partition coefficient (Wildman–Crippen LogP) is 2.72. The van der Waals surface area contributed by atoms with Gasteiger partial charge in [-0.15, -0.1) is 0 Å². The molecule has 0 saturated heterocycles. The molecule has 3 nitrogen and oxygen atoms in total. The Kier molecular flexibility index (Phi) is 3.80. The van der Waals surface area contributed by atoms with E-state index in [0.29, 0.717) is 25.7 Å². The van der Waals surface area contributed by atoms with Crippen molar-refractivity contribution < 1.29 is 9.59 Å². The summed E-state index contributed by atoms with van der Waals surface area (Å²) in [6.07, 6.45) is 2.51. The second-order valence-corrected chi connectivity index (χ2v) is 5.00. The maximum Gasteiger partial charge on any atom is 0.229 e. The molecule has 0 bridgehead atoms. The summed E-state index contributed by atoms with van der Waals surface area (Å²) in [4.78, 5) is 25.3. The predicted molar refractivity (Wildman–Crippen MR) is 71.6 cm³/mol. The van der Waals surface area contributed by atoms with Gasteiger partial charge in [-0.05, 0) is 31.4 Å². The first-order valence-corrected chi connectivity index (χ1v) is 6.44. The standard InChI is InChI=1S/C15H19NO2/c1-11-5-3-4-6-14(11)16(2)15(18)12-7-9-13(17)10-8-12/h3-6,12H,7-10H2,1-2H3. The zero-order chi connectivity index (χ0) is 13.1. The van der Waals surface area contributed by atoms with Crippen LogP contribution in [-0.2, 0) is 9.59 Å². The number of ketones is 1. The first-order chi connectivity index (χ1) is 8.59. The van der Waals surface area contributed by atoms with Crippen LogP contribution in [0.3, 0.4) is 0 Å². The lowest BCUT2D eigenvalue weighted by Gasteiger charge is -2.27. The smallest absolute Gasteiger partial charge is 0.229 e. The molecule has 1 amide bonds. The van der Waals surface area contributed by atoms with Crippen LogP contribution >= 0.6 is 0 Å². The van der Waals surface area contributed by atoms with Crippen molar-refractivity contribution >= 4 is 17.4 Å². The van der Waals surface area contributed by atoms with Gasteiger partial charge in [0.15, 0.2) is 0 Å². The minimum atomic E-state index is 0.00676. The van der Waals surface area contributed by atoms with E-state index >= 15 is 0 Å². The second-order valence-electron chi connectivity index (χ2n) is 5.00. The molecule has 0 heterocycles. The summed E-state index contributed by atoms with van der Waals surface area (Å²) in [6, 6.07) is 7.87. The van der Waals surface area contributed by atoms with Crippen LogP contribution in [0.4, 0.5) is 5.69 Å². The summed E-state index contributed by atoms with van der Waals surface area (Å²) in [7, 11) is 1.82. The van der Waals surface area contributed by atoms with E-state index in [9.17, 15) is 9.59 Å². The van der Waals surface area contributed by atoms with Crippen LogP contribution in [-0.4, -0.2) is 18.7 Å². The number of benzene rings is 1. The number of rotatable bonds is 2. The van der Waals surface area contributed by atoms with E-state index in [2.05, 4.69) is 0 Å². The minimum Gasteiger partial charge on any atom is -0.315 e. The zero-order valence-electron chi connectivity index (χ0n) is 11.0. The number of anilines is 1. The molecule has 1 aromatic rings. The van der Waals surface area contributed by atoms with Gasteiger partial charge in [-0.25, -0.2) is 0 Å². The van der Waals surface area contributed by atoms with Gasteiger partial charge in [0.1, 0.15) is 5.78 Å². The number of Topliss-reactive ketones (excluding diaryl/α,β-unsaturated/α-hetero) is 1. The van der Waals surface area contributed by atoms with Crippen LogP contribution in [0, 0.1) is 12.8 Å². The number of para-hydroxylation sites is 1. The molecule has 1 aromatic carbocycles. The van der Waals surface area contributed by atoms with E-state index in [1.165, 1.54) is 0 Å². The topological polar surface area (TPSA) is 37.4 Å². The molecular formula is C15H19NO2. The van der Waals surface area contributed by atoms with Crippen molar-refractivity contribution in [2.24, 2.45) is 5.92 Å². The number of aryl methyl sites for hydroxylation is 1. The summed E-state index contributed by atoms with van der Waals surface area (Å²) in [6.45, 7) is 2.00. The highest BCUT2D eigenvalue weighted by atomic mass is 16.2. The molecule has 0 aliphatic heterocycles. The molecule has 0 aromatic heterocycles. The van der Waals surface area contributed by atoms with Gasteiger partial charge in [0.25, 0.3) is 0 Å². The molecule has 0 radical (unpaired) electrons. The van der Waals surface area contributed by atoms with E-state index in [0.717, 1.165) is 11.3 Å². The fourth-order valence-electron chi connectivity index (χ4n) is 2.52. The zero-order valence-corrected chi connectivity index (χ0v) is 11.0. The van der Waals surface area contributed by atoms with Crippen molar-refractivity contribution in [2.75, 3.05) is 11.9 Å². The molecular weight excluding hydrogens is 226 g/mol. The van der Waals surface area contributed by atoms with Gasteiger partial charge in [0.05, 0.1) is 0 Å². The fraction of sp³-hybridized carbons (Fsp3) is 0.467. The molecule has 1 fully saturated rings. The number of hydrogen-bond acceptors (Lipinski definition) is 2. The van der Waals surface area contributed by atoms with Gasteiger partial charge in [0, 0.05) is 31.5 Å². The molecule has 0 spiro atoms. The number of carbonyl (C=O) groups excluding carboxylic acids is 2. The summed E-state index contributed by atoms with van der Waals surface area (Å²) in [5.41, 5.74) is 2.06. The molecule has 96 valence electrons. The largest absolute Gasteiger partial charge is 0.315 e. The molecule has 0 atom stereocenters. The second kappa shape index (κ2) is 5.34. The van der Waals surface area contributed by atoms with Gasteiger partial charge in [-0.3, -0.25) is 9.59 Å². The van der Waals surface area contributed by atoms with Crippen molar-refractivity contribution in [3.63, 3.8) is 0 Å². The molecule has 1 aliphatic rings. The first kappa shape index (κ1) is 12.8. The Morgan fingerprint density at radius 1 is 1.22 bits per heavy atom. The van der Waals surface area contributed by atoms with Gasteiger partial charge in [-0.1, -0.05) is 18.2 Å². The van der Waals surface area contributed by atoms with Gasteiger partial charge in [-0.2, -0.15) is 0 Å². The van der Waals surface area contributed by atoms with E-state index < -0.39 is 0 Å². The summed E-state index contributed by atoms with van der Waals surface area (Å²) >= 11 is 0. The number of hydrogen-bond donors (Lipinski definition) is 0. The minimum absolute atomic E-state index is 0.00676. The van der Waals surface area contributed by atoms with E-state index in [1.54, 1.807) is 4.90 Å². The van der Waals surface area contributed by atoms with Gasteiger partial charge in [0.2, 0.25) is 5.91 Å². The monoisotopic (exact) mass is 245 g/mol. The van der Waals surface area contributed by atoms with Crippen molar-refractivity contribution in [3.8, 4) is 0 Å². The molecule has 1 aliphatic carbocycles. The van der Waals surface area contributed by atoms with Crippen molar-refractivity contribution in [1.82, 2.24) is 0 Å². The summed E-state index contributed by atoms with van der Waals surface area (Å²) in [5.74, 6) is 0.432. The third kappa shape index (κ3) is 2.61. The summed E-state index contributed by atoms with van der Waals surface area (Å²) < 4.78 is 0. The molecule has 3 heteroatoms. The van der Waals surface area contributed by atoms with Gasteiger partial charge < -0.3 is 4.90 Å². The van der Waals surface area contributed by atoms with Crippen LogP contribution in [0.25, 0.3) is 0 Å². The Morgan fingerprint density at radius 3 is 2.44 bits per heavy atom. The van der Waals surface area contributed by atoms with Crippen molar-refractivity contribution in [3.05, 3.63) is 29.8 Å². The van der Waals surface area contributed by atoms with Gasteiger partial charge >= 0.3 is 0 Å². The fourth-order valence-corrected chi connectivity index (χ4v) is 2.52. The third-order valence-electron chi connectivity index (χ3n) is 3.70. The van der Waals surface area contributed by atoms with E-state index in [1.807, 2.05) is 38.2 Å². The highest BCUT2D eigenvalue weighted by Gasteiger charge is 2.27. The Hall–Kier alpha value is -1.64. The SMILES string of the molecule is Cc1ccccc1N(C)C(=O)C1CCC(=O)CC1. The molecule has 0 unspecified atom stereocenters. The lowest BCUT2D eigenvalue weighted by atomic mass is 9.87. The quantitative estimate of drug-likeness (QED) is 0.803. The molecule has 2 rings (SSSR count). The Bertz CT molecular complexity index is 457. The lowest BCUT2D eigenvalue weighted by Crippen LogP contribution is -2.35. The van der Waals surface area contributed by atoms with Crippen LogP contribution in [0.1, 0.15) is 31.2 Å². The van der Waals surface area contributed by atoms with E-state index in [-0.39, 0.29) is 17.6 Å². The number of amides is 1. The lowest BCUT2D eigenvalue weighted by molar-refractivity contribution is -0.126. The Balaban J connectivity index is 2.09. The van der Waals surface area contributed by atoms with Crippen LogP contribution in [0.5, 0.6) is 0 Å².